The molecule has 0 saturated carbocycles. The van der Waals surface area contributed by atoms with Gasteiger partial charge in [-0.25, -0.2) is 4.39 Å². The van der Waals surface area contributed by atoms with E-state index in [4.69, 9.17) is 17.3 Å². The van der Waals surface area contributed by atoms with Crippen LogP contribution in [0.15, 0.2) is 40.9 Å². The van der Waals surface area contributed by atoms with E-state index in [1.807, 2.05) is 18.2 Å². The third kappa shape index (κ3) is 3.90. The minimum atomic E-state index is -0.334. The standard InChI is InChI=1S/C14H11BrClFIN/c15-9-2-4-13(18)11(6-9)14(19)5-8-1-3-10(17)7-12(8)16/h1-4,6-7,14H,5,19H2. The van der Waals surface area contributed by atoms with Crippen LogP contribution in [0.2, 0.25) is 5.02 Å². The molecule has 100 valence electrons. The lowest BCUT2D eigenvalue weighted by atomic mass is 10.00. The minimum absolute atomic E-state index is 0.174. The second-order valence-electron chi connectivity index (χ2n) is 4.21. The average Bonchev–Trinajstić information content (AvgIpc) is 2.35. The molecule has 0 fully saturated rings. The van der Waals surface area contributed by atoms with Gasteiger partial charge in [-0.3, -0.25) is 0 Å². The van der Waals surface area contributed by atoms with Crippen LogP contribution in [-0.4, -0.2) is 0 Å². The zero-order valence-corrected chi connectivity index (χ0v) is 14.3. The average molecular weight is 455 g/mol. The molecule has 0 aromatic heterocycles. The molecule has 19 heavy (non-hydrogen) atoms. The minimum Gasteiger partial charge on any atom is -0.324 e. The van der Waals surface area contributed by atoms with Crippen LogP contribution in [0.5, 0.6) is 0 Å². The molecule has 5 heteroatoms. The highest BCUT2D eigenvalue weighted by Gasteiger charge is 2.13. The molecule has 0 saturated heterocycles. The molecule has 1 unspecified atom stereocenters. The van der Waals surface area contributed by atoms with Gasteiger partial charge in [-0.1, -0.05) is 33.6 Å². The summed E-state index contributed by atoms with van der Waals surface area (Å²) in [6.07, 6.45) is 0.575. The maximum atomic E-state index is 13.0. The monoisotopic (exact) mass is 453 g/mol. The Labute approximate surface area is 138 Å². The Morgan fingerprint density at radius 1 is 1.26 bits per heavy atom. The van der Waals surface area contributed by atoms with E-state index in [1.165, 1.54) is 12.1 Å². The van der Waals surface area contributed by atoms with Crippen LogP contribution < -0.4 is 5.73 Å². The van der Waals surface area contributed by atoms with Crippen LogP contribution in [0.4, 0.5) is 4.39 Å². The van der Waals surface area contributed by atoms with Gasteiger partial charge >= 0.3 is 0 Å². The van der Waals surface area contributed by atoms with Crippen molar-refractivity contribution in [3.63, 3.8) is 0 Å². The van der Waals surface area contributed by atoms with Gasteiger partial charge < -0.3 is 5.73 Å². The predicted octanol–water partition coefficient (Wildman–Crippen LogP) is 5.09. The summed E-state index contributed by atoms with van der Waals surface area (Å²) in [5.74, 6) is -0.334. The van der Waals surface area contributed by atoms with Crippen molar-refractivity contribution in [2.45, 2.75) is 12.5 Å². The van der Waals surface area contributed by atoms with Crippen LogP contribution in [0.25, 0.3) is 0 Å². The molecule has 2 rings (SSSR count). The number of nitrogens with two attached hydrogens (primary N) is 1. The van der Waals surface area contributed by atoms with Crippen LogP contribution >= 0.6 is 50.1 Å². The van der Waals surface area contributed by atoms with Crippen molar-refractivity contribution in [3.8, 4) is 0 Å². The van der Waals surface area contributed by atoms with E-state index in [1.54, 1.807) is 6.07 Å². The second kappa shape index (κ2) is 6.52. The van der Waals surface area contributed by atoms with Crippen LogP contribution in [0, 0.1) is 9.39 Å². The molecule has 0 aliphatic carbocycles. The highest BCUT2D eigenvalue weighted by molar-refractivity contribution is 14.1. The van der Waals surface area contributed by atoms with Crippen molar-refractivity contribution in [1.29, 1.82) is 0 Å². The molecule has 1 atom stereocenters. The first-order chi connectivity index (χ1) is 8.97. The quantitative estimate of drug-likeness (QED) is 0.643. The molecule has 2 aromatic rings. The summed E-state index contributed by atoms with van der Waals surface area (Å²) in [5, 5.41) is 0.417. The predicted molar refractivity (Wildman–Crippen MR) is 88.9 cm³/mol. The Kier molecular flexibility index (Phi) is 5.22. The van der Waals surface area contributed by atoms with Gasteiger partial charge in [0, 0.05) is 19.1 Å². The van der Waals surface area contributed by atoms with Crippen molar-refractivity contribution in [3.05, 3.63) is 66.4 Å². The van der Waals surface area contributed by atoms with Gasteiger partial charge in [0.15, 0.2) is 0 Å². The second-order valence-corrected chi connectivity index (χ2v) is 6.70. The maximum absolute atomic E-state index is 13.0. The molecule has 0 radical (unpaired) electrons. The molecular weight excluding hydrogens is 443 g/mol. The molecule has 0 aliphatic rings. The van der Waals surface area contributed by atoms with E-state index in [2.05, 4.69) is 38.5 Å². The zero-order chi connectivity index (χ0) is 14.0. The molecule has 0 bridgehead atoms. The summed E-state index contributed by atoms with van der Waals surface area (Å²) in [4.78, 5) is 0. The topological polar surface area (TPSA) is 26.0 Å². The summed E-state index contributed by atoms with van der Waals surface area (Å²) < 4.78 is 15.1. The van der Waals surface area contributed by atoms with E-state index in [9.17, 15) is 4.39 Å². The van der Waals surface area contributed by atoms with Crippen LogP contribution in [0.1, 0.15) is 17.2 Å². The maximum Gasteiger partial charge on any atom is 0.124 e. The largest absolute Gasteiger partial charge is 0.324 e. The van der Waals surface area contributed by atoms with E-state index in [-0.39, 0.29) is 11.9 Å². The lowest BCUT2D eigenvalue weighted by molar-refractivity contribution is 0.625. The van der Waals surface area contributed by atoms with Gasteiger partial charge in [0.1, 0.15) is 5.82 Å². The molecule has 2 N–H and O–H groups in total. The number of benzene rings is 2. The molecule has 1 nitrogen and oxygen atoms in total. The molecule has 0 heterocycles. The van der Waals surface area contributed by atoms with Crippen LogP contribution in [-0.2, 0) is 6.42 Å². The third-order valence-electron chi connectivity index (χ3n) is 2.81. The smallest absolute Gasteiger partial charge is 0.124 e. The Balaban J connectivity index is 2.25. The van der Waals surface area contributed by atoms with Crippen molar-refractivity contribution < 1.29 is 4.39 Å². The fourth-order valence-electron chi connectivity index (χ4n) is 1.83. The Bertz CT molecular complexity index is 606. The number of halogens is 4. The van der Waals surface area contributed by atoms with Gasteiger partial charge in [-0.2, -0.15) is 0 Å². The van der Waals surface area contributed by atoms with Crippen LogP contribution in [0.3, 0.4) is 0 Å². The van der Waals surface area contributed by atoms with Crippen molar-refractivity contribution in [2.75, 3.05) is 0 Å². The van der Waals surface area contributed by atoms with Crippen molar-refractivity contribution in [1.82, 2.24) is 0 Å². The van der Waals surface area contributed by atoms with Gasteiger partial charge in [-0.15, -0.1) is 0 Å². The Hall–Kier alpha value is -0.170. The summed E-state index contributed by atoms with van der Waals surface area (Å²) in [7, 11) is 0. The summed E-state index contributed by atoms with van der Waals surface area (Å²) in [6.45, 7) is 0. The number of hydrogen-bond acceptors (Lipinski definition) is 1. The first-order valence-electron chi connectivity index (χ1n) is 5.62. The molecular formula is C14H11BrClFIN. The summed E-state index contributed by atoms with van der Waals surface area (Å²) in [5.41, 5.74) is 8.13. The third-order valence-corrected chi connectivity index (χ3v) is 4.64. The fraction of sp³-hybridized carbons (Fsp3) is 0.143. The van der Waals surface area contributed by atoms with E-state index in [0.29, 0.717) is 11.4 Å². The first-order valence-corrected chi connectivity index (χ1v) is 7.87. The Morgan fingerprint density at radius 3 is 2.68 bits per heavy atom. The highest BCUT2D eigenvalue weighted by Crippen LogP contribution is 2.27. The van der Waals surface area contributed by atoms with E-state index < -0.39 is 0 Å². The highest BCUT2D eigenvalue weighted by atomic mass is 127. The van der Waals surface area contributed by atoms with Gasteiger partial charge in [-0.05, 0) is 70.5 Å². The molecule has 0 spiro atoms. The van der Waals surface area contributed by atoms with Gasteiger partial charge in [0.05, 0.1) is 0 Å². The lowest BCUT2D eigenvalue weighted by Crippen LogP contribution is -2.15. The first kappa shape index (κ1) is 15.2. The van der Waals surface area contributed by atoms with Crippen molar-refractivity contribution in [2.24, 2.45) is 5.73 Å². The lowest BCUT2D eigenvalue weighted by Gasteiger charge is -2.15. The van der Waals surface area contributed by atoms with Crippen molar-refractivity contribution >= 4 is 50.1 Å². The molecule has 0 aliphatic heterocycles. The number of rotatable bonds is 3. The zero-order valence-electron chi connectivity index (χ0n) is 9.84. The SMILES string of the molecule is NC(Cc1ccc(F)cc1Cl)c1cc(Br)ccc1I. The Morgan fingerprint density at radius 2 is 2.00 bits per heavy atom. The van der Waals surface area contributed by atoms with Gasteiger partial charge in [0.25, 0.3) is 0 Å². The van der Waals surface area contributed by atoms with E-state index >= 15 is 0 Å². The molecule has 2 aromatic carbocycles. The molecule has 0 amide bonds. The normalized spacial score (nSPS) is 12.5. The summed E-state index contributed by atoms with van der Waals surface area (Å²) >= 11 is 11.7. The fourth-order valence-corrected chi connectivity index (χ4v) is 3.19. The van der Waals surface area contributed by atoms with E-state index in [0.717, 1.165) is 19.2 Å². The summed E-state index contributed by atoms with van der Waals surface area (Å²) in [6, 6.07) is 10.2. The van der Waals surface area contributed by atoms with Gasteiger partial charge in [0.2, 0.25) is 0 Å². The number of hydrogen-bond donors (Lipinski definition) is 1.